The maximum atomic E-state index is 12.6. The molecule has 1 saturated heterocycles. The number of carbonyl (C=O) groups excluding carboxylic acids is 1. The van der Waals surface area contributed by atoms with E-state index >= 15 is 0 Å². The lowest BCUT2D eigenvalue weighted by Gasteiger charge is -2.26. The van der Waals surface area contributed by atoms with Gasteiger partial charge in [0, 0.05) is 25.2 Å². The molecule has 138 valence electrons. The van der Waals surface area contributed by atoms with Gasteiger partial charge in [-0.3, -0.25) is 4.79 Å². The van der Waals surface area contributed by atoms with Gasteiger partial charge in [-0.2, -0.15) is 4.31 Å². The summed E-state index contributed by atoms with van der Waals surface area (Å²) in [6.45, 7) is 3.92. The zero-order valence-corrected chi connectivity index (χ0v) is 15.5. The van der Waals surface area contributed by atoms with Crippen LogP contribution in [0.25, 0.3) is 0 Å². The summed E-state index contributed by atoms with van der Waals surface area (Å²) in [5, 5.41) is 2.86. The van der Waals surface area contributed by atoms with Gasteiger partial charge in [0.05, 0.1) is 18.1 Å². The molecule has 0 spiro atoms. The van der Waals surface area contributed by atoms with E-state index in [0.717, 1.165) is 11.1 Å². The lowest BCUT2D eigenvalue weighted by Crippen LogP contribution is -2.40. The van der Waals surface area contributed by atoms with Gasteiger partial charge in [-0.1, -0.05) is 24.3 Å². The average molecular weight is 374 g/mol. The number of nitrogens with zero attached hydrogens (tertiary/aromatic N) is 1. The Balaban J connectivity index is 1.67. The Labute approximate surface area is 153 Å². The van der Waals surface area contributed by atoms with Crippen molar-refractivity contribution in [2.24, 2.45) is 0 Å². The van der Waals surface area contributed by atoms with E-state index in [4.69, 9.17) is 4.74 Å². The summed E-state index contributed by atoms with van der Waals surface area (Å²) in [4.78, 5) is 12.5. The second-order valence-corrected chi connectivity index (χ2v) is 8.09. The summed E-state index contributed by atoms with van der Waals surface area (Å²) in [6.07, 6.45) is 0. The number of hydrogen-bond acceptors (Lipinski definition) is 4. The van der Waals surface area contributed by atoms with E-state index in [1.165, 1.54) is 16.4 Å². The summed E-state index contributed by atoms with van der Waals surface area (Å²) in [5.74, 6) is -0.233. The topological polar surface area (TPSA) is 75.7 Å². The predicted molar refractivity (Wildman–Crippen MR) is 98.4 cm³/mol. The molecule has 3 rings (SSSR count). The lowest BCUT2D eigenvalue weighted by atomic mass is 10.1. The number of sulfonamides is 1. The van der Waals surface area contributed by atoms with E-state index < -0.39 is 10.0 Å². The fourth-order valence-electron chi connectivity index (χ4n) is 2.80. The van der Waals surface area contributed by atoms with Crippen LogP contribution in [0.15, 0.2) is 53.4 Å². The number of aryl methyl sites for hydroxylation is 1. The molecule has 0 bridgehead atoms. The molecule has 7 heteroatoms. The van der Waals surface area contributed by atoms with Gasteiger partial charge in [0.1, 0.15) is 0 Å². The Morgan fingerprint density at radius 3 is 2.38 bits per heavy atom. The molecular weight excluding hydrogens is 352 g/mol. The molecule has 0 saturated carbocycles. The number of morpholine rings is 1. The summed E-state index contributed by atoms with van der Waals surface area (Å²) in [5.41, 5.74) is 2.59. The second-order valence-electron chi connectivity index (χ2n) is 6.15. The molecule has 2 aromatic carbocycles. The quantitative estimate of drug-likeness (QED) is 0.868. The lowest BCUT2D eigenvalue weighted by molar-refractivity contribution is 0.0730. The van der Waals surface area contributed by atoms with Crippen LogP contribution in [0.1, 0.15) is 21.5 Å². The van der Waals surface area contributed by atoms with Crippen molar-refractivity contribution >= 4 is 15.9 Å². The normalized spacial score (nSPS) is 15.6. The van der Waals surface area contributed by atoms with E-state index in [0.29, 0.717) is 38.4 Å². The molecule has 0 radical (unpaired) electrons. The van der Waals surface area contributed by atoms with Gasteiger partial charge >= 0.3 is 0 Å². The number of benzene rings is 2. The van der Waals surface area contributed by atoms with Crippen molar-refractivity contribution in [3.63, 3.8) is 0 Å². The molecule has 1 fully saturated rings. The van der Waals surface area contributed by atoms with Crippen molar-refractivity contribution < 1.29 is 17.9 Å². The molecule has 0 aromatic heterocycles. The third-order valence-electron chi connectivity index (χ3n) is 4.42. The first-order chi connectivity index (χ1) is 12.5. The average Bonchev–Trinajstić information content (AvgIpc) is 2.68. The fourth-order valence-corrected chi connectivity index (χ4v) is 4.21. The third-order valence-corrected chi connectivity index (χ3v) is 6.34. The first kappa shape index (κ1) is 18.6. The number of hydrogen-bond donors (Lipinski definition) is 1. The highest BCUT2D eigenvalue weighted by Crippen LogP contribution is 2.18. The Morgan fingerprint density at radius 2 is 1.73 bits per heavy atom. The highest BCUT2D eigenvalue weighted by molar-refractivity contribution is 7.89. The minimum atomic E-state index is -3.54. The molecule has 6 nitrogen and oxygen atoms in total. The van der Waals surface area contributed by atoms with Crippen molar-refractivity contribution in [1.29, 1.82) is 0 Å². The van der Waals surface area contributed by atoms with Gasteiger partial charge in [-0.15, -0.1) is 0 Å². The summed E-state index contributed by atoms with van der Waals surface area (Å²) < 4.78 is 31.8. The maximum Gasteiger partial charge on any atom is 0.251 e. The SMILES string of the molecule is Cc1ccccc1CNC(=O)c1ccc(S(=O)(=O)N2CCOCC2)cc1. The van der Waals surface area contributed by atoms with Crippen molar-refractivity contribution in [3.8, 4) is 0 Å². The van der Waals surface area contributed by atoms with Crippen molar-refractivity contribution in [3.05, 3.63) is 65.2 Å². The zero-order valence-electron chi connectivity index (χ0n) is 14.6. The van der Waals surface area contributed by atoms with E-state index in [-0.39, 0.29) is 10.8 Å². The molecule has 1 aliphatic heterocycles. The van der Waals surface area contributed by atoms with Crippen LogP contribution >= 0.6 is 0 Å². The van der Waals surface area contributed by atoms with E-state index in [1.54, 1.807) is 12.1 Å². The summed E-state index contributed by atoms with van der Waals surface area (Å²) in [7, 11) is -3.54. The van der Waals surface area contributed by atoms with Crippen molar-refractivity contribution in [1.82, 2.24) is 9.62 Å². The van der Waals surface area contributed by atoms with Crippen LogP contribution in [0.4, 0.5) is 0 Å². The Morgan fingerprint density at radius 1 is 1.08 bits per heavy atom. The van der Waals surface area contributed by atoms with E-state index in [1.807, 2.05) is 31.2 Å². The highest BCUT2D eigenvalue weighted by Gasteiger charge is 2.26. The Kier molecular flexibility index (Phi) is 5.70. The Bertz CT molecular complexity index is 873. The van der Waals surface area contributed by atoms with E-state index in [2.05, 4.69) is 5.32 Å². The summed E-state index contributed by atoms with van der Waals surface area (Å²) in [6, 6.07) is 13.9. The van der Waals surface area contributed by atoms with Crippen LogP contribution in [-0.4, -0.2) is 44.9 Å². The number of nitrogens with one attached hydrogen (secondary N) is 1. The van der Waals surface area contributed by atoms with Crippen LogP contribution in [0, 0.1) is 6.92 Å². The molecular formula is C19H22N2O4S. The minimum absolute atomic E-state index is 0.190. The molecule has 0 aliphatic carbocycles. The van der Waals surface area contributed by atoms with Gasteiger partial charge in [-0.25, -0.2) is 8.42 Å². The standard InChI is InChI=1S/C19H22N2O4S/c1-15-4-2-3-5-17(15)14-20-19(22)16-6-8-18(9-7-16)26(23,24)21-10-12-25-13-11-21/h2-9H,10-14H2,1H3,(H,20,22). The van der Waals surface area contributed by atoms with Gasteiger partial charge in [0.25, 0.3) is 5.91 Å². The number of rotatable bonds is 5. The van der Waals surface area contributed by atoms with Gasteiger partial charge in [0.2, 0.25) is 10.0 Å². The monoisotopic (exact) mass is 374 g/mol. The smallest absolute Gasteiger partial charge is 0.251 e. The van der Waals surface area contributed by atoms with Crippen molar-refractivity contribution in [2.75, 3.05) is 26.3 Å². The zero-order chi connectivity index (χ0) is 18.6. The summed E-state index contributed by atoms with van der Waals surface area (Å²) >= 11 is 0. The van der Waals surface area contributed by atoms with Crippen LogP contribution < -0.4 is 5.32 Å². The number of amides is 1. The minimum Gasteiger partial charge on any atom is -0.379 e. The third kappa shape index (κ3) is 4.12. The van der Waals surface area contributed by atoms with Crippen LogP contribution in [0.2, 0.25) is 0 Å². The largest absolute Gasteiger partial charge is 0.379 e. The molecule has 1 heterocycles. The van der Waals surface area contributed by atoms with Gasteiger partial charge in [0.15, 0.2) is 0 Å². The Hall–Kier alpha value is -2.22. The predicted octanol–water partition coefficient (Wildman–Crippen LogP) is 1.95. The molecule has 26 heavy (non-hydrogen) atoms. The van der Waals surface area contributed by atoms with Crippen LogP contribution in [0.3, 0.4) is 0 Å². The first-order valence-electron chi connectivity index (χ1n) is 8.49. The second kappa shape index (κ2) is 7.99. The number of carbonyl (C=O) groups is 1. The number of ether oxygens (including phenoxy) is 1. The van der Waals surface area contributed by atoms with Gasteiger partial charge < -0.3 is 10.1 Å². The molecule has 1 N–H and O–H groups in total. The molecule has 2 aromatic rings. The molecule has 1 aliphatic rings. The highest BCUT2D eigenvalue weighted by atomic mass is 32.2. The van der Waals surface area contributed by atoms with Crippen molar-refractivity contribution in [2.45, 2.75) is 18.4 Å². The fraction of sp³-hybridized carbons (Fsp3) is 0.316. The first-order valence-corrected chi connectivity index (χ1v) is 9.93. The van der Waals surface area contributed by atoms with Crippen LogP contribution in [0.5, 0.6) is 0 Å². The van der Waals surface area contributed by atoms with Gasteiger partial charge in [-0.05, 0) is 42.3 Å². The molecule has 0 atom stereocenters. The maximum absolute atomic E-state index is 12.6. The molecule has 1 amide bonds. The van der Waals surface area contributed by atoms with E-state index in [9.17, 15) is 13.2 Å². The van der Waals surface area contributed by atoms with Crippen LogP contribution in [-0.2, 0) is 21.3 Å². The molecule has 0 unspecified atom stereocenters.